The van der Waals surface area contributed by atoms with E-state index in [2.05, 4.69) is 5.32 Å². The molecule has 1 aliphatic heterocycles. The van der Waals surface area contributed by atoms with E-state index in [1.807, 2.05) is 0 Å². The maximum absolute atomic E-state index is 12.7. The third-order valence-corrected chi connectivity index (χ3v) is 4.59. The molecule has 0 aromatic heterocycles. The molecule has 4 atom stereocenters. The maximum atomic E-state index is 12.7. The van der Waals surface area contributed by atoms with Crippen molar-refractivity contribution in [2.24, 2.45) is 5.73 Å². The number of carbonyl (C=O) groups excluding carboxylic acids is 2. The van der Waals surface area contributed by atoms with E-state index in [1.165, 1.54) is 24.0 Å². The van der Waals surface area contributed by atoms with Gasteiger partial charge in [0.1, 0.15) is 11.8 Å². The predicted octanol–water partition coefficient (Wildman–Crippen LogP) is -0.797. The van der Waals surface area contributed by atoms with Crippen LogP contribution in [0, 0.1) is 0 Å². The third-order valence-electron chi connectivity index (χ3n) is 4.59. The van der Waals surface area contributed by atoms with E-state index < -0.39 is 42.0 Å². The van der Waals surface area contributed by atoms with Gasteiger partial charge in [0, 0.05) is 6.54 Å². The van der Waals surface area contributed by atoms with Gasteiger partial charge in [0.25, 0.3) is 0 Å². The SMILES string of the molecule is CC(O)C(NC(=O)C1CCCN1C(=O)C(N)Cc1ccc(O)cc1)C(=O)O. The Bertz CT molecular complexity index is 691. The van der Waals surface area contributed by atoms with Crippen LogP contribution in [0.4, 0.5) is 0 Å². The molecule has 27 heavy (non-hydrogen) atoms. The van der Waals surface area contributed by atoms with Crippen molar-refractivity contribution in [1.29, 1.82) is 0 Å². The second kappa shape index (κ2) is 8.83. The fourth-order valence-electron chi connectivity index (χ4n) is 3.13. The summed E-state index contributed by atoms with van der Waals surface area (Å²) in [7, 11) is 0. The lowest BCUT2D eigenvalue weighted by molar-refractivity contribution is -0.146. The lowest BCUT2D eigenvalue weighted by Gasteiger charge is -2.28. The number of carboxylic acids is 1. The molecule has 0 radical (unpaired) electrons. The first-order valence-corrected chi connectivity index (χ1v) is 8.76. The summed E-state index contributed by atoms with van der Waals surface area (Å²) in [4.78, 5) is 37.7. The van der Waals surface area contributed by atoms with Gasteiger partial charge in [0.15, 0.2) is 6.04 Å². The molecule has 2 rings (SSSR count). The quantitative estimate of drug-likeness (QED) is 0.416. The summed E-state index contributed by atoms with van der Waals surface area (Å²) in [5.74, 6) is -2.25. The van der Waals surface area contributed by atoms with Crippen LogP contribution in [0.15, 0.2) is 24.3 Å². The highest BCUT2D eigenvalue weighted by Crippen LogP contribution is 2.20. The number of nitrogens with zero attached hydrogens (tertiary/aromatic N) is 1. The largest absolute Gasteiger partial charge is 0.508 e. The van der Waals surface area contributed by atoms with E-state index in [9.17, 15) is 24.6 Å². The molecule has 1 aliphatic rings. The van der Waals surface area contributed by atoms with E-state index in [0.717, 1.165) is 5.56 Å². The smallest absolute Gasteiger partial charge is 0.328 e. The molecule has 9 nitrogen and oxygen atoms in total. The number of aromatic hydroxyl groups is 1. The van der Waals surface area contributed by atoms with Crippen LogP contribution in [0.25, 0.3) is 0 Å². The van der Waals surface area contributed by atoms with Gasteiger partial charge >= 0.3 is 5.97 Å². The first-order chi connectivity index (χ1) is 12.7. The monoisotopic (exact) mass is 379 g/mol. The molecule has 0 aliphatic carbocycles. The first kappa shape index (κ1) is 20.7. The van der Waals surface area contributed by atoms with Gasteiger partial charge in [0.05, 0.1) is 12.1 Å². The molecule has 9 heteroatoms. The van der Waals surface area contributed by atoms with Gasteiger partial charge in [-0.05, 0) is 43.9 Å². The number of aliphatic hydroxyl groups excluding tert-OH is 1. The van der Waals surface area contributed by atoms with E-state index >= 15 is 0 Å². The van der Waals surface area contributed by atoms with Crippen molar-refractivity contribution in [2.45, 2.75) is 50.4 Å². The van der Waals surface area contributed by atoms with Crippen LogP contribution in [0.3, 0.4) is 0 Å². The van der Waals surface area contributed by atoms with Crippen LogP contribution in [0.5, 0.6) is 5.75 Å². The van der Waals surface area contributed by atoms with Crippen LogP contribution < -0.4 is 11.1 Å². The van der Waals surface area contributed by atoms with Gasteiger partial charge in [-0.15, -0.1) is 0 Å². The molecule has 148 valence electrons. The van der Waals surface area contributed by atoms with Crippen molar-refractivity contribution in [3.8, 4) is 5.75 Å². The summed E-state index contributed by atoms with van der Waals surface area (Å²) in [5, 5.41) is 30.2. The van der Waals surface area contributed by atoms with Crippen LogP contribution in [0.2, 0.25) is 0 Å². The Morgan fingerprint density at radius 2 is 1.93 bits per heavy atom. The summed E-state index contributed by atoms with van der Waals surface area (Å²) in [6.45, 7) is 1.62. The normalized spacial score (nSPS) is 20.0. The zero-order valence-corrected chi connectivity index (χ0v) is 15.0. The molecule has 1 heterocycles. The van der Waals surface area contributed by atoms with Crippen molar-refractivity contribution in [1.82, 2.24) is 10.2 Å². The van der Waals surface area contributed by atoms with Crippen molar-refractivity contribution in [3.05, 3.63) is 29.8 Å². The van der Waals surface area contributed by atoms with Crippen LogP contribution in [-0.2, 0) is 20.8 Å². The standard InChI is InChI=1S/C18H25N3O6/c1-10(22)15(18(26)27)20-16(24)14-3-2-8-21(14)17(25)13(19)9-11-4-6-12(23)7-5-11/h4-7,10,13-15,22-23H,2-3,8-9,19H2,1H3,(H,20,24)(H,26,27). The number of amides is 2. The number of aliphatic hydroxyl groups is 1. The minimum Gasteiger partial charge on any atom is -0.508 e. The zero-order valence-electron chi connectivity index (χ0n) is 15.0. The highest BCUT2D eigenvalue weighted by atomic mass is 16.4. The van der Waals surface area contributed by atoms with E-state index in [-0.39, 0.29) is 12.2 Å². The molecule has 0 bridgehead atoms. The van der Waals surface area contributed by atoms with Crippen LogP contribution in [-0.4, -0.2) is 68.8 Å². The van der Waals surface area contributed by atoms with Gasteiger partial charge in [-0.1, -0.05) is 12.1 Å². The van der Waals surface area contributed by atoms with Crippen LogP contribution in [0.1, 0.15) is 25.3 Å². The highest BCUT2D eigenvalue weighted by molar-refractivity contribution is 5.92. The predicted molar refractivity (Wildman–Crippen MR) is 95.8 cm³/mol. The van der Waals surface area contributed by atoms with Crippen molar-refractivity contribution < 1.29 is 29.7 Å². The van der Waals surface area contributed by atoms with E-state index in [4.69, 9.17) is 10.8 Å². The molecular weight excluding hydrogens is 354 g/mol. The lowest BCUT2D eigenvalue weighted by Crippen LogP contribution is -2.56. The molecular formula is C18H25N3O6. The molecule has 1 aromatic rings. The second-order valence-corrected chi connectivity index (χ2v) is 6.73. The average molecular weight is 379 g/mol. The summed E-state index contributed by atoms with van der Waals surface area (Å²) in [6.07, 6.45) is -0.0264. The number of carboxylic acid groups (broad SMARTS) is 1. The zero-order chi connectivity index (χ0) is 20.1. The minimum absolute atomic E-state index is 0.112. The number of rotatable bonds is 7. The van der Waals surface area contributed by atoms with Crippen LogP contribution >= 0.6 is 0 Å². The average Bonchev–Trinajstić information content (AvgIpc) is 3.09. The Balaban J connectivity index is 2.03. The second-order valence-electron chi connectivity index (χ2n) is 6.73. The Morgan fingerprint density at radius 1 is 1.30 bits per heavy atom. The topological polar surface area (TPSA) is 153 Å². The van der Waals surface area contributed by atoms with Crippen molar-refractivity contribution in [2.75, 3.05) is 6.54 Å². The molecule has 1 saturated heterocycles. The number of hydrogen-bond acceptors (Lipinski definition) is 6. The van der Waals surface area contributed by atoms with Gasteiger partial charge in [-0.2, -0.15) is 0 Å². The number of nitrogens with one attached hydrogen (secondary N) is 1. The minimum atomic E-state index is -1.44. The lowest BCUT2D eigenvalue weighted by atomic mass is 10.0. The fraction of sp³-hybridized carbons (Fsp3) is 0.500. The van der Waals surface area contributed by atoms with Crippen molar-refractivity contribution >= 4 is 17.8 Å². The number of aliphatic carboxylic acids is 1. The highest BCUT2D eigenvalue weighted by Gasteiger charge is 2.38. The van der Waals surface area contributed by atoms with Gasteiger partial charge in [-0.25, -0.2) is 4.79 Å². The van der Waals surface area contributed by atoms with Gasteiger partial charge in [-0.3, -0.25) is 9.59 Å². The molecule has 1 fully saturated rings. The Hall–Kier alpha value is -2.65. The summed E-state index contributed by atoms with van der Waals surface area (Å²) in [5.41, 5.74) is 6.78. The molecule has 6 N–H and O–H groups in total. The van der Waals surface area contributed by atoms with Gasteiger partial charge in [0.2, 0.25) is 11.8 Å². The molecule has 0 spiro atoms. The number of carbonyl (C=O) groups is 3. The summed E-state index contributed by atoms with van der Waals surface area (Å²) < 4.78 is 0. The molecule has 2 amide bonds. The Kier molecular flexibility index (Phi) is 6.75. The number of likely N-dealkylation sites (tertiary alicyclic amines) is 1. The Labute approximate surface area is 156 Å². The van der Waals surface area contributed by atoms with Gasteiger partial charge < -0.3 is 31.3 Å². The first-order valence-electron chi connectivity index (χ1n) is 8.76. The molecule has 1 aromatic carbocycles. The molecule has 0 saturated carbocycles. The van der Waals surface area contributed by atoms with Crippen molar-refractivity contribution in [3.63, 3.8) is 0 Å². The molecule has 4 unspecified atom stereocenters. The number of phenolic OH excluding ortho intramolecular Hbond substituents is 1. The number of phenols is 1. The number of hydrogen-bond donors (Lipinski definition) is 5. The van der Waals surface area contributed by atoms with E-state index in [1.54, 1.807) is 12.1 Å². The maximum Gasteiger partial charge on any atom is 0.328 e. The number of benzene rings is 1. The summed E-state index contributed by atoms with van der Waals surface area (Å²) in [6, 6.07) is 3.20. The third kappa shape index (κ3) is 5.18. The fourth-order valence-corrected chi connectivity index (χ4v) is 3.13. The summed E-state index contributed by atoms with van der Waals surface area (Å²) >= 11 is 0. The number of nitrogens with two attached hydrogens (primary N) is 1. The Morgan fingerprint density at radius 3 is 2.48 bits per heavy atom. The van der Waals surface area contributed by atoms with E-state index in [0.29, 0.717) is 19.4 Å².